The number of carbonyl (C=O) groups is 2. The van der Waals surface area contributed by atoms with Gasteiger partial charge >= 0.3 is 23.0 Å². The number of hydrogen-bond acceptors (Lipinski definition) is 5. The number of carbonyl (C=O) groups excluding carboxylic acids is 2. The van der Waals surface area contributed by atoms with Gasteiger partial charge in [0.25, 0.3) is 0 Å². The lowest BCUT2D eigenvalue weighted by Crippen LogP contribution is -2.46. The number of nitrogens with zero attached hydrogens (tertiary/aromatic N) is 1. The Kier molecular flexibility index (Phi) is 2.05. The smallest absolute Gasteiger partial charge is 0.292 e. The molecule has 0 atom stereocenters. The molecule has 2 N–H and O–H groups in total. The maximum absolute atomic E-state index is 10.8. The standard InChI is InChI=1S/C5H3N3O5/c9-1-2(10)8-4(12)6-3(11)7-5(8)13/h1H,(H2,6,7,11,12,13). The zero-order valence-corrected chi connectivity index (χ0v) is 6.07. The summed E-state index contributed by atoms with van der Waals surface area (Å²) < 4.78 is -0.0194. The lowest BCUT2D eigenvalue weighted by molar-refractivity contribution is -0.105. The third-order valence-electron chi connectivity index (χ3n) is 1.17. The molecule has 0 aliphatic heterocycles. The molecule has 0 aliphatic carbocycles. The Labute approximate surface area is 68.8 Å². The number of H-pyrrole nitrogens is 2. The predicted octanol–water partition coefficient (Wildman–Crippen LogP) is -2.94. The highest BCUT2D eigenvalue weighted by atomic mass is 16.2. The fourth-order valence-electron chi connectivity index (χ4n) is 0.682. The summed E-state index contributed by atoms with van der Waals surface area (Å²) >= 11 is 0. The SMILES string of the molecule is O=CC(=O)n1c(=O)[nH]c(=O)[nH]c1=O. The number of hydrogen-bond donors (Lipinski definition) is 2. The molecule has 0 amide bonds. The van der Waals surface area contributed by atoms with Crippen LogP contribution in [0.1, 0.15) is 4.79 Å². The Morgan fingerprint density at radius 1 is 1.15 bits per heavy atom. The highest BCUT2D eigenvalue weighted by Gasteiger charge is 2.09. The lowest BCUT2D eigenvalue weighted by Gasteiger charge is -1.93. The molecule has 0 fully saturated rings. The van der Waals surface area contributed by atoms with E-state index in [0.29, 0.717) is 0 Å². The van der Waals surface area contributed by atoms with Gasteiger partial charge in [0.2, 0.25) is 6.29 Å². The van der Waals surface area contributed by atoms with E-state index in [9.17, 15) is 24.0 Å². The van der Waals surface area contributed by atoms with Crippen LogP contribution in [0.15, 0.2) is 14.4 Å². The van der Waals surface area contributed by atoms with E-state index in [1.54, 1.807) is 9.97 Å². The van der Waals surface area contributed by atoms with Gasteiger partial charge in [0.1, 0.15) is 0 Å². The minimum atomic E-state index is -1.34. The highest BCUT2D eigenvalue weighted by molar-refractivity contribution is 6.24. The van der Waals surface area contributed by atoms with Crippen LogP contribution in [0.2, 0.25) is 0 Å². The van der Waals surface area contributed by atoms with Crippen LogP contribution in [0.4, 0.5) is 0 Å². The molecule has 0 spiro atoms. The Morgan fingerprint density at radius 3 is 2.00 bits per heavy atom. The van der Waals surface area contributed by atoms with Gasteiger partial charge in [-0.1, -0.05) is 0 Å². The fraction of sp³-hybridized carbons (Fsp3) is 0. The minimum absolute atomic E-state index is 0.0194. The zero-order valence-electron chi connectivity index (χ0n) is 6.07. The first kappa shape index (κ1) is 8.84. The van der Waals surface area contributed by atoms with E-state index in [1.165, 1.54) is 0 Å². The van der Waals surface area contributed by atoms with Gasteiger partial charge in [-0.05, 0) is 0 Å². The summed E-state index contributed by atoms with van der Waals surface area (Å²) in [4.78, 5) is 55.8. The molecule has 0 bridgehead atoms. The molecule has 0 saturated heterocycles. The average Bonchev–Trinajstić information content (AvgIpc) is 2.02. The first-order valence-corrected chi connectivity index (χ1v) is 3.01. The van der Waals surface area contributed by atoms with Crippen molar-refractivity contribution in [3.8, 4) is 0 Å². The van der Waals surface area contributed by atoms with Gasteiger partial charge in [-0.25, -0.2) is 14.4 Å². The number of nitrogens with one attached hydrogen (secondary N) is 2. The predicted molar refractivity (Wildman–Crippen MR) is 38.6 cm³/mol. The number of rotatable bonds is 1. The largest absolute Gasteiger partial charge is 0.340 e. The van der Waals surface area contributed by atoms with Crippen LogP contribution in [-0.4, -0.2) is 26.7 Å². The average molecular weight is 185 g/mol. The normalized spacial score (nSPS) is 9.54. The molecule has 0 aromatic carbocycles. The molecular weight excluding hydrogens is 182 g/mol. The molecule has 1 rings (SSSR count). The van der Waals surface area contributed by atoms with Gasteiger partial charge in [-0.2, -0.15) is 4.57 Å². The summed E-state index contributed by atoms with van der Waals surface area (Å²) in [5.41, 5.74) is -3.53. The van der Waals surface area contributed by atoms with Crippen molar-refractivity contribution in [3.63, 3.8) is 0 Å². The molecule has 68 valence electrons. The highest BCUT2D eigenvalue weighted by Crippen LogP contribution is 1.61. The summed E-state index contributed by atoms with van der Waals surface area (Å²) in [7, 11) is 0. The molecule has 1 heterocycles. The summed E-state index contributed by atoms with van der Waals surface area (Å²) in [6, 6.07) is 0. The second-order valence-corrected chi connectivity index (χ2v) is 1.98. The van der Waals surface area contributed by atoms with Gasteiger partial charge in [0.15, 0.2) is 0 Å². The third-order valence-corrected chi connectivity index (χ3v) is 1.17. The van der Waals surface area contributed by atoms with Crippen molar-refractivity contribution in [1.82, 2.24) is 14.5 Å². The molecule has 8 heteroatoms. The topological polar surface area (TPSA) is 122 Å². The van der Waals surface area contributed by atoms with Crippen molar-refractivity contribution in [2.24, 2.45) is 0 Å². The van der Waals surface area contributed by atoms with E-state index in [-0.39, 0.29) is 10.9 Å². The quantitative estimate of drug-likeness (QED) is 0.358. The van der Waals surface area contributed by atoms with Crippen molar-refractivity contribution >= 4 is 12.2 Å². The van der Waals surface area contributed by atoms with E-state index in [4.69, 9.17) is 0 Å². The second-order valence-electron chi connectivity index (χ2n) is 1.98. The molecule has 0 unspecified atom stereocenters. The molecule has 0 saturated carbocycles. The molecule has 1 aromatic heterocycles. The van der Waals surface area contributed by atoms with E-state index >= 15 is 0 Å². The summed E-state index contributed by atoms with van der Waals surface area (Å²) in [6.07, 6.45) is -0.213. The van der Waals surface area contributed by atoms with Crippen LogP contribution in [0.3, 0.4) is 0 Å². The monoisotopic (exact) mass is 185 g/mol. The van der Waals surface area contributed by atoms with Gasteiger partial charge in [0.05, 0.1) is 0 Å². The van der Waals surface area contributed by atoms with E-state index in [1.807, 2.05) is 0 Å². The van der Waals surface area contributed by atoms with Crippen molar-refractivity contribution in [2.45, 2.75) is 0 Å². The van der Waals surface area contributed by atoms with Crippen molar-refractivity contribution in [3.05, 3.63) is 31.5 Å². The Hall–Kier alpha value is -2.25. The van der Waals surface area contributed by atoms with Crippen LogP contribution in [0.25, 0.3) is 0 Å². The Balaban J connectivity index is 3.66. The zero-order chi connectivity index (χ0) is 10.0. The van der Waals surface area contributed by atoms with Crippen LogP contribution in [-0.2, 0) is 4.79 Å². The molecule has 13 heavy (non-hydrogen) atoms. The number of aromatic amines is 2. The van der Waals surface area contributed by atoms with Gasteiger partial charge in [-0.3, -0.25) is 19.6 Å². The van der Waals surface area contributed by atoms with E-state index < -0.39 is 23.0 Å². The summed E-state index contributed by atoms with van der Waals surface area (Å²) in [5.74, 6) is -1.34. The number of aromatic nitrogens is 3. The summed E-state index contributed by atoms with van der Waals surface area (Å²) in [5, 5.41) is 0. The Bertz CT molecular complexity index is 484. The fourth-order valence-corrected chi connectivity index (χ4v) is 0.682. The van der Waals surface area contributed by atoms with E-state index in [2.05, 4.69) is 0 Å². The molecule has 8 nitrogen and oxygen atoms in total. The first-order chi connectivity index (χ1) is 6.06. The first-order valence-electron chi connectivity index (χ1n) is 3.01. The van der Waals surface area contributed by atoms with Crippen molar-refractivity contribution < 1.29 is 9.59 Å². The summed E-state index contributed by atoms with van der Waals surface area (Å²) in [6.45, 7) is 0. The van der Waals surface area contributed by atoms with Crippen molar-refractivity contribution in [1.29, 1.82) is 0 Å². The van der Waals surface area contributed by atoms with Crippen LogP contribution >= 0.6 is 0 Å². The molecule has 1 aromatic rings. The maximum Gasteiger partial charge on any atom is 0.340 e. The lowest BCUT2D eigenvalue weighted by atomic mass is 10.6. The van der Waals surface area contributed by atoms with Gasteiger partial charge < -0.3 is 0 Å². The van der Waals surface area contributed by atoms with Gasteiger partial charge in [-0.15, -0.1) is 0 Å². The maximum atomic E-state index is 10.8. The number of aldehydes is 1. The van der Waals surface area contributed by atoms with Crippen molar-refractivity contribution in [2.75, 3.05) is 0 Å². The van der Waals surface area contributed by atoms with E-state index in [0.717, 1.165) is 0 Å². The van der Waals surface area contributed by atoms with Crippen LogP contribution in [0, 0.1) is 0 Å². The molecular formula is C5H3N3O5. The molecule has 0 aliphatic rings. The minimum Gasteiger partial charge on any atom is -0.292 e. The third kappa shape index (κ3) is 1.50. The Morgan fingerprint density at radius 2 is 1.62 bits per heavy atom. The van der Waals surface area contributed by atoms with Gasteiger partial charge in [0, 0.05) is 0 Å². The second kappa shape index (κ2) is 3.01. The molecule has 0 radical (unpaired) electrons. The van der Waals surface area contributed by atoms with Crippen LogP contribution in [0.5, 0.6) is 0 Å². The van der Waals surface area contributed by atoms with Crippen LogP contribution < -0.4 is 17.1 Å².